The number of nitrogens with one attached hydrogen (secondary N) is 2. The molecule has 0 unspecified atom stereocenters. The van der Waals surface area contributed by atoms with Gasteiger partial charge in [-0.05, 0) is 42.7 Å². The van der Waals surface area contributed by atoms with Crippen LogP contribution in [0, 0.1) is 0 Å². The molecule has 2 N–H and O–H groups in total. The van der Waals surface area contributed by atoms with Crippen LogP contribution in [-0.2, 0) is 13.5 Å². The number of hydrogen-bond donors (Lipinski definition) is 2. The van der Waals surface area contributed by atoms with Crippen molar-refractivity contribution in [2.45, 2.75) is 12.8 Å². The lowest BCUT2D eigenvalue weighted by molar-refractivity contribution is 0.0952. The lowest BCUT2D eigenvalue weighted by atomic mass is 10.1. The highest BCUT2D eigenvalue weighted by Gasteiger charge is 2.16. The number of methoxy groups -OCH3 is 1. The van der Waals surface area contributed by atoms with Crippen molar-refractivity contribution in [1.82, 2.24) is 15.1 Å². The first-order valence-electron chi connectivity index (χ1n) is 9.38. The first-order chi connectivity index (χ1) is 14.1. The Morgan fingerprint density at radius 1 is 1.03 bits per heavy atom. The third-order valence-corrected chi connectivity index (χ3v) is 4.41. The average molecular weight is 392 g/mol. The number of benzene rings is 2. The lowest BCUT2D eigenvalue weighted by Gasteiger charge is -2.08. The summed E-state index contributed by atoms with van der Waals surface area (Å²) in [7, 11) is 3.18. The molecular formula is C22H24N4O3. The van der Waals surface area contributed by atoms with Gasteiger partial charge in [0.25, 0.3) is 11.8 Å². The second kappa shape index (κ2) is 9.54. The quantitative estimate of drug-likeness (QED) is 0.577. The highest BCUT2D eigenvalue weighted by molar-refractivity contribution is 6.06. The van der Waals surface area contributed by atoms with Crippen molar-refractivity contribution in [2.75, 3.05) is 19.0 Å². The summed E-state index contributed by atoms with van der Waals surface area (Å²) >= 11 is 0. The molecule has 3 aromatic rings. The fourth-order valence-electron chi connectivity index (χ4n) is 2.92. The summed E-state index contributed by atoms with van der Waals surface area (Å²) in [6.45, 7) is 0.604. The zero-order valence-electron chi connectivity index (χ0n) is 16.5. The number of carbonyl (C=O) groups is 2. The minimum Gasteiger partial charge on any atom is -0.479 e. The van der Waals surface area contributed by atoms with E-state index in [1.807, 2.05) is 18.2 Å². The molecule has 0 bridgehead atoms. The SMILES string of the molecule is COc1nn(C)cc1C(=O)Nc1ccc(C(=O)NCCCc2ccccc2)cc1. The van der Waals surface area contributed by atoms with Crippen molar-refractivity contribution in [2.24, 2.45) is 7.05 Å². The molecule has 0 aliphatic heterocycles. The van der Waals surface area contributed by atoms with E-state index in [1.54, 1.807) is 37.5 Å². The standard InChI is InChI=1S/C22H24N4O3/c1-26-15-19(22(25-26)29-2)21(28)24-18-12-10-17(11-13-18)20(27)23-14-6-9-16-7-4-3-5-8-16/h3-5,7-8,10-13,15H,6,9,14H2,1-2H3,(H,23,27)(H,24,28). The average Bonchev–Trinajstić information content (AvgIpc) is 3.13. The van der Waals surface area contributed by atoms with E-state index in [0.717, 1.165) is 12.8 Å². The number of aryl methyl sites for hydroxylation is 2. The normalized spacial score (nSPS) is 10.4. The molecule has 0 atom stereocenters. The van der Waals surface area contributed by atoms with Crippen molar-refractivity contribution < 1.29 is 14.3 Å². The number of nitrogens with zero attached hydrogens (tertiary/aromatic N) is 2. The van der Waals surface area contributed by atoms with Crippen molar-refractivity contribution in [3.8, 4) is 5.88 Å². The molecule has 0 spiro atoms. The van der Waals surface area contributed by atoms with Crippen LogP contribution in [0.4, 0.5) is 5.69 Å². The maximum Gasteiger partial charge on any atom is 0.262 e. The van der Waals surface area contributed by atoms with Gasteiger partial charge in [0.1, 0.15) is 5.56 Å². The van der Waals surface area contributed by atoms with Gasteiger partial charge in [-0.15, -0.1) is 5.10 Å². The summed E-state index contributed by atoms with van der Waals surface area (Å²) in [5, 5.41) is 9.76. The van der Waals surface area contributed by atoms with Gasteiger partial charge in [-0.1, -0.05) is 30.3 Å². The van der Waals surface area contributed by atoms with E-state index in [0.29, 0.717) is 23.4 Å². The van der Waals surface area contributed by atoms with Crippen molar-refractivity contribution in [3.63, 3.8) is 0 Å². The Balaban J connectivity index is 1.50. The van der Waals surface area contributed by atoms with Gasteiger partial charge >= 0.3 is 0 Å². The van der Waals surface area contributed by atoms with Gasteiger partial charge in [0, 0.05) is 31.0 Å². The van der Waals surface area contributed by atoms with E-state index in [2.05, 4.69) is 27.9 Å². The van der Waals surface area contributed by atoms with Crippen molar-refractivity contribution in [3.05, 3.63) is 77.5 Å². The number of carbonyl (C=O) groups excluding carboxylic acids is 2. The van der Waals surface area contributed by atoms with E-state index in [9.17, 15) is 9.59 Å². The second-order valence-electron chi connectivity index (χ2n) is 6.60. The third kappa shape index (κ3) is 5.44. The van der Waals surface area contributed by atoms with Gasteiger partial charge in [-0.3, -0.25) is 14.3 Å². The Kier molecular flexibility index (Phi) is 6.63. The molecule has 1 aromatic heterocycles. The van der Waals surface area contributed by atoms with Crippen LogP contribution in [0.15, 0.2) is 60.8 Å². The maximum atomic E-state index is 12.4. The number of anilines is 1. The Hall–Kier alpha value is -3.61. The molecule has 0 aliphatic rings. The van der Waals surface area contributed by atoms with Gasteiger partial charge < -0.3 is 15.4 Å². The molecular weight excluding hydrogens is 368 g/mol. The molecule has 0 fully saturated rings. The summed E-state index contributed by atoms with van der Waals surface area (Å²) < 4.78 is 6.62. The monoisotopic (exact) mass is 392 g/mol. The number of aromatic nitrogens is 2. The minimum absolute atomic E-state index is 0.134. The number of amides is 2. The highest BCUT2D eigenvalue weighted by Crippen LogP contribution is 2.17. The molecule has 7 heteroatoms. The molecule has 2 aromatic carbocycles. The Morgan fingerprint density at radius 2 is 1.76 bits per heavy atom. The molecule has 29 heavy (non-hydrogen) atoms. The molecule has 2 amide bonds. The van der Waals surface area contributed by atoms with Crippen LogP contribution in [-0.4, -0.2) is 35.2 Å². The van der Waals surface area contributed by atoms with Crippen LogP contribution in [0.25, 0.3) is 0 Å². The minimum atomic E-state index is -0.326. The van der Waals surface area contributed by atoms with E-state index in [-0.39, 0.29) is 17.7 Å². The van der Waals surface area contributed by atoms with E-state index in [1.165, 1.54) is 17.4 Å². The lowest BCUT2D eigenvalue weighted by Crippen LogP contribution is -2.24. The van der Waals surface area contributed by atoms with Crippen LogP contribution in [0.1, 0.15) is 32.7 Å². The number of ether oxygens (including phenoxy) is 1. The number of hydrogen-bond acceptors (Lipinski definition) is 4. The second-order valence-corrected chi connectivity index (χ2v) is 6.60. The van der Waals surface area contributed by atoms with Crippen LogP contribution in [0.2, 0.25) is 0 Å². The van der Waals surface area contributed by atoms with Gasteiger partial charge in [0.15, 0.2) is 0 Å². The summed E-state index contributed by atoms with van der Waals surface area (Å²) in [4.78, 5) is 24.7. The third-order valence-electron chi connectivity index (χ3n) is 4.41. The fourth-order valence-corrected chi connectivity index (χ4v) is 2.92. The Morgan fingerprint density at radius 3 is 2.45 bits per heavy atom. The largest absolute Gasteiger partial charge is 0.479 e. The maximum absolute atomic E-state index is 12.4. The zero-order chi connectivity index (χ0) is 20.6. The molecule has 150 valence electrons. The predicted octanol–water partition coefficient (Wildman–Crippen LogP) is 3.04. The van der Waals surface area contributed by atoms with Crippen LogP contribution in [0.3, 0.4) is 0 Å². The van der Waals surface area contributed by atoms with Gasteiger partial charge in [-0.2, -0.15) is 0 Å². The van der Waals surface area contributed by atoms with Gasteiger partial charge in [0.2, 0.25) is 5.88 Å². The molecule has 0 radical (unpaired) electrons. The summed E-state index contributed by atoms with van der Waals surface area (Å²) in [6.07, 6.45) is 3.38. The predicted molar refractivity (Wildman–Crippen MR) is 111 cm³/mol. The first kappa shape index (κ1) is 20.1. The van der Waals surface area contributed by atoms with Crippen molar-refractivity contribution in [1.29, 1.82) is 0 Å². The Bertz CT molecular complexity index is 965. The fraction of sp³-hybridized carbons (Fsp3) is 0.227. The zero-order valence-corrected chi connectivity index (χ0v) is 16.5. The van der Waals surface area contributed by atoms with Crippen LogP contribution >= 0.6 is 0 Å². The van der Waals surface area contributed by atoms with Crippen LogP contribution in [0.5, 0.6) is 5.88 Å². The molecule has 1 heterocycles. The molecule has 7 nitrogen and oxygen atoms in total. The van der Waals surface area contributed by atoms with Gasteiger partial charge in [-0.25, -0.2) is 0 Å². The van der Waals surface area contributed by atoms with Crippen LogP contribution < -0.4 is 15.4 Å². The highest BCUT2D eigenvalue weighted by atomic mass is 16.5. The van der Waals surface area contributed by atoms with E-state index >= 15 is 0 Å². The summed E-state index contributed by atoms with van der Waals surface area (Å²) in [5.41, 5.74) is 2.73. The topological polar surface area (TPSA) is 85.2 Å². The van der Waals surface area contributed by atoms with Gasteiger partial charge in [0.05, 0.1) is 7.11 Å². The van der Waals surface area contributed by atoms with E-state index in [4.69, 9.17) is 4.74 Å². The molecule has 0 aliphatic carbocycles. The molecule has 3 rings (SSSR count). The summed E-state index contributed by atoms with van der Waals surface area (Å²) in [5.74, 6) is -0.200. The first-order valence-corrected chi connectivity index (χ1v) is 9.38. The van der Waals surface area contributed by atoms with E-state index < -0.39 is 0 Å². The molecule has 0 saturated carbocycles. The molecule has 0 saturated heterocycles. The Labute approximate surface area is 169 Å². The smallest absolute Gasteiger partial charge is 0.262 e. The summed E-state index contributed by atoms with van der Waals surface area (Å²) in [6, 6.07) is 16.9. The number of rotatable bonds is 8. The van der Waals surface area contributed by atoms with Crippen molar-refractivity contribution >= 4 is 17.5 Å².